The Morgan fingerprint density at radius 2 is 1.33 bits per heavy atom. The predicted octanol–water partition coefficient (Wildman–Crippen LogP) is 9.35. The topological polar surface area (TPSA) is 162 Å². The molecule has 2 aromatic heterocycles. The van der Waals surface area contributed by atoms with E-state index in [1.807, 2.05) is 30.3 Å². The zero-order valence-electron chi connectivity index (χ0n) is 28.9. The molecule has 0 saturated heterocycles. The molecule has 13 heteroatoms. The highest BCUT2D eigenvalue weighted by Gasteiger charge is 2.35. The van der Waals surface area contributed by atoms with E-state index in [0.717, 1.165) is 41.6 Å². The van der Waals surface area contributed by atoms with Crippen molar-refractivity contribution in [1.29, 1.82) is 0 Å². The van der Waals surface area contributed by atoms with Crippen LogP contribution in [0.4, 0.5) is 11.4 Å². The van der Waals surface area contributed by atoms with Gasteiger partial charge in [-0.1, -0.05) is 42.5 Å². The van der Waals surface area contributed by atoms with Crippen LogP contribution < -0.4 is 15.2 Å². The van der Waals surface area contributed by atoms with Gasteiger partial charge in [0.25, 0.3) is 0 Å². The Labute approximate surface area is 322 Å². The van der Waals surface area contributed by atoms with Crippen LogP contribution in [0.15, 0.2) is 115 Å². The fraction of sp³-hybridized carbons (Fsp3) is 0.0476. The summed E-state index contributed by atoms with van der Waals surface area (Å²) in [6.45, 7) is 2.07. The lowest BCUT2D eigenvalue weighted by molar-refractivity contribution is 0.0977. The van der Waals surface area contributed by atoms with Crippen molar-refractivity contribution in [1.82, 2.24) is 9.97 Å². The van der Waals surface area contributed by atoms with Crippen molar-refractivity contribution in [3.05, 3.63) is 149 Å². The average molecular weight is 781 g/mol. The van der Waals surface area contributed by atoms with Crippen molar-refractivity contribution in [2.45, 2.75) is 12.7 Å². The number of aryl methyl sites for hydroxylation is 1. The highest BCUT2D eigenvalue weighted by atomic mass is 32.2. The Bertz CT molecular complexity index is 2990. The Kier molecular flexibility index (Phi) is 8.22. The van der Waals surface area contributed by atoms with Gasteiger partial charge in [0.05, 0.1) is 43.0 Å². The SMILES string of the molecule is Cc1ccc2nc(-c3ccc4nc(-c5ccc(NS(=O)(=O)Cc6ccc(Oc7cc(O)c8c(c7N)C(=O)c7ccccc7C8=O)cc6)cc5)sc4c3)sc2c1. The minimum absolute atomic E-state index is 0.0163. The van der Waals surface area contributed by atoms with E-state index in [1.54, 1.807) is 71.2 Å². The molecule has 9 rings (SSSR count). The highest BCUT2D eigenvalue weighted by Crippen LogP contribution is 2.43. The van der Waals surface area contributed by atoms with Crippen LogP contribution >= 0.6 is 22.7 Å². The minimum Gasteiger partial charge on any atom is -0.507 e. The summed E-state index contributed by atoms with van der Waals surface area (Å²) in [7, 11) is -3.79. The van der Waals surface area contributed by atoms with Crippen LogP contribution in [0, 0.1) is 6.92 Å². The molecule has 0 unspecified atom stereocenters. The molecule has 8 aromatic rings. The first-order chi connectivity index (χ1) is 26.5. The molecule has 0 spiro atoms. The van der Waals surface area contributed by atoms with Crippen molar-refractivity contribution in [2.24, 2.45) is 0 Å². The molecule has 10 nitrogen and oxygen atoms in total. The number of nitrogens with zero attached hydrogens (tertiary/aromatic N) is 2. The number of nitrogen functional groups attached to an aromatic ring is 1. The largest absolute Gasteiger partial charge is 0.507 e. The zero-order valence-corrected chi connectivity index (χ0v) is 31.3. The van der Waals surface area contributed by atoms with E-state index in [-0.39, 0.29) is 45.2 Å². The fourth-order valence-electron chi connectivity index (χ4n) is 6.59. The van der Waals surface area contributed by atoms with Crippen molar-refractivity contribution in [3.63, 3.8) is 0 Å². The van der Waals surface area contributed by atoms with Crippen LogP contribution in [-0.2, 0) is 15.8 Å². The summed E-state index contributed by atoms with van der Waals surface area (Å²) >= 11 is 3.23. The van der Waals surface area contributed by atoms with E-state index in [9.17, 15) is 23.1 Å². The number of anilines is 2. The normalized spacial score (nSPS) is 12.5. The quantitative estimate of drug-likeness (QED) is 0.101. The summed E-state index contributed by atoms with van der Waals surface area (Å²) in [5.41, 5.74) is 12.2. The number of carbonyl (C=O) groups is 2. The molecule has 1 aliphatic rings. The first kappa shape index (κ1) is 34.4. The van der Waals surface area contributed by atoms with Gasteiger partial charge in [-0.25, -0.2) is 18.4 Å². The van der Waals surface area contributed by atoms with Crippen LogP contribution in [0.5, 0.6) is 17.2 Å². The molecule has 0 amide bonds. The highest BCUT2D eigenvalue weighted by molar-refractivity contribution is 7.91. The van der Waals surface area contributed by atoms with Crippen LogP contribution in [0.2, 0.25) is 0 Å². The molecule has 0 atom stereocenters. The number of sulfonamides is 1. The number of aromatic hydroxyl groups is 1. The van der Waals surface area contributed by atoms with Gasteiger partial charge in [0, 0.05) is 34.0 Å². The third kappa shape index (κ3) is 6.37. The van der Waals surface area contributed by atoms with E-state index in [0.29, 0.717) is 11.3 Å². The molecular formula is C42H28N4O6S3. The van der Waals surface area contributed by atoms with Gasteiger partial charge in [0.15, 0.2) is 17.3 Å². The Morgan fingerprint density at radius 3 is 2.02 bits per heavy atom. The summed E-state index contributed by atoms with van der Waals surface area (Å²) in [5, 5.41) is 12.5. The van der Waals surface area contributed by atoms with E-state index >= 15 is 0 Å². The molecular weight excluding hydrogens is 753 g/mol. The second-order valence-electron chi connectivity index (χ2n) is 13.1. The number of phenols is 1. The molecule has 2 heterocycles. The molecule has 1 aliphatic carbocycles. The maximum atomic E-state index is 13.3. The second kappa shape index (κ2) is 13.2. The van der Waals surface area contributed by atoms with Gasteiger partial charge in [-0.15, -0.1) is 22.7 Å². The number of hydrogen-bond donors (Lipinski definition) is 3. The maximum absolute atomic E-state index is 13.3. The Morgan fingerprint density at radius 1 is 0.727 bits per heavy atom. The summed E-state index contributed by atoms with van der Waals surface area (Å²) in [5.74, 6) is -1.47. The van der Waals surface area contributed by atoms with Crippen molar-refractivity contribution in [2.75, 3.05) is 10.5 Å². The van der Waals surface area contributed by atoms with Gasteiger partial charge in [0.2, 0.25) is 10.0 Å². The number of benzene rings is 6. The molecule has 0 aliphatic heterocycles. The van der Waals surface area contributed by atoms with Crippen molar-refractivity contribution >= 4 is 76.1 Å². The Hall–Kier alpha value is -6.41. The molecule has 6 aromatic carbocycles. The number of fused-ring (bicyclic) bond motifs is 4. The number of thiazole rings is 2. The molecule has 4 N–H and O–H groups in total. The lowest BCUT2D eigenvalue weighted by Crippen LogP contribution is -2.22. The number of aromatic nitrogens is 2. The van der Waals surface area contributed by atoms with E-state index in [1.165, 1.54) is 23.8 Å². The molecule has 0 bridgehead atoms. The molecule has 55 heavy (non-hydrogen) atoms. The smallest absolute Gasteiger partial charge is 0.236 e. The fourth-order valence-corrected chi connectivity index (χ4v) is 9.86. The standard InChI is InChI=1S/C42H28N4O6S3/c1-22-6-16-30-34(18-22)53-42(45-30)25-11-17-31-35(19-25)54-41(44-31)24-9-12-26(13-10-24)46-55(50,51)21-23-7-14-27(15-8-23)52-33-20-32(47)36-37(38(33)43)40(49)29-5-3-2-4-28(29)39(36)48/h2-20,46-47H,21,43H2,1H3. The number of ether oxygens (including phenoxy) is 1. The molecule has 270 valence electrons. The number of nitrogens with two attached hydrogens (primary N) is 1. The van der Waals surface area contributed by atoms with Gasteiger partial charge in [-0.3, -0.25) is 14.3 Å². The lowest BCUT2D eigenvalue weighted by Gasteiger charge is -2.21. The van der Waals surface area contributed by atoms with Crippen LogP contribution in [0.3, 0.4) is 0 Å². The number of nitrogens with one attached hydrogen (secondary N) is 1. The summed E-state index contributed by atoms with van der Waals surface area (Å²) < 4.78 is 37.0. The van der Waals surface area contributed by atoms with Crippen LogP contribution in [-0.4, -0.2) is 35.1 Å². The van der Waals surface area contributed by atoms with Crippen LogP contribution in [0.1, 0.15) is 43.0 Å². The third-order valence-electron chi connectivity index (χ3n) is 9.27. The van der Waals surface area contributed by atoms with E-state index in [2.05, 4.69) is 29.8 Å². The van der Waals surface area contributed by atoms with Crippen molar-refractivity contribution in [3.8, 4) is 38.4 Å². The summed E-state index contributed by atoms with van der Waals surface area (Å²) in [6, 6.07) is 33.3. The number of carbonyl (C=O) groups excluding carboxylic acids is 2. The molecule has 0 fully saturated rings. The minimum atomic E-state index is -3.79. The second-order valence-corrected chi connectivity index (χ2v) is 16.9. The number of phenolic OH excluding ortho intramolecular Hbond substituents is 1. The monoisotopic (exact) mass is 780 g/mol. The van der Waals surface area contributed by atoms with E-state index in [4.69, 9.17) is 20.4 Å². The summed E-state index contributed by atoms with van der Waals surface area (Å²) in [4.78, 5) is 36.0. The molecule has 0 radical (unpaired) electrons. The van der Waals surface area contributed by atoms with Gasteiger partial charge in [0.1, 0.15) is 21.5 Å². The van der Waals surface area contributed by atoms with Gasteiger partial charge < -0.3 is 15.6 Å². The summed E-state index contributed by atoms with van der Waals surface area (Å²) in [6.07, 6.45) is 0. The average Bonchev–Trinajstić information content (AvgIpc) is 3.80. The first-order valence-corrected chi connectivity index (χ1v) is 20.3. The predicted molar refractivity (Wildman–Crippen MR) is 217 cm³/mol. The maximum Gasteiger partial charge on any atom is 0.236 e. The van der Waals surface area contributed by atoms with Gasteiger partial charge in [-0.05, 0) is 84.8 Å². The number of ketones is 2. The zero-order chi connectivity index (χ0) is 38.0. The van der Waals surface area contributed by atoms with Crippen LogP contribution in [0.25, 0.3) is 41.6 Å². The van der Waals surface area contributed by atoms with Gasteiger partial charge >= 0.3 is 0 Å². The number of rotatable bonds is 8. The molecule has 0 saturated carbocycles. The Balaban J connectivity index is 0.867. The lowest BCUT2D eigenvalue weighted by atomic mass is 9.82. The number of hydrogen-bond acceptors (Lipinski definition) is 11. The van der Waals surface area contributed by atoms with Crippen molar-refractivity contribution < 1.29 is 27.9 Å². The van der Waals surface area contributed by atoms with E-state index < -0.39 is 27.3 Å². The van der Waals surface area contributed by atoms with Gasteiger partial charge in [-0.2, -0.15) is 0 Å². The first-order valence-electron chi connectivity index (χ1n) is 17.0. The third-order valence-corrected chi connectivity index (χ3v) is 12.7.